The topological polar surface area (TPSA) is 102 Å². The third-order valence-corrected chi connectivity index (χ3v) is 7.95. The maximum absolute atomic E-state index is 13.7. The fraction of sp³-hybridized carbons (Fsp3) is 0.357. The van der Waals surface area contributed by atoms with E-state index in [0.29, 0.717) is 31.0 Å². The molecule has 4 aromatic heterocycles. The second-order valence-electron chi connectivity index (χ2n) is 9.65. The molecule has 1 N–H and O–H groups in total. The maximum atomic E-state index is 13.7. The molecule has 0 bridgehead atoms. The van der Waals surface area contributed by atoms with Crippen LogP contribution in [0.4, 0.5) is 0 Å². The molecular weight excluding hydrogens is 500 g/mol. The minimum atomic E-state index is -0.517. The number of furan rings is 1. The summed E-state index contributed by atoms with van der Waals surface area (Å²) in [7, 11) is 0. The number of H-pyrrole nitrogens is 1. The molecule has 9 nitrogen and oxygen atoms in total. The molecule has 1 aliphatic heterocycles. The Morgan fingerprint density at radius 1 is 1.21 bits per heavy atom. The first-order chi connectivity index (χ1) is 18.7. The molecule has 2 atom stereocenters. The molecule has 1 aliphatic rings. The van der Waals surface area contributed by atoms with Crippen LogP contribution in [-0.2, 0) is 30.8 Å². The molecule has 6 rings (SSSR count). The number of aromatic amines is 1. The highest BCUT2D eigenvalue weighted by atomic mass is 32.1. The second kappa shape index (κ2) is 11.0. The van der Waals surface area contributed by atoms with Crippen LogP contribution in [0.3, 0.4) is 0 Å². The van der Waals surface area contributed by atoms with E-state index < -0.39 is 6.04 Å². The Hall–Kier alpha value is -3.60. The van der Waals surface area contributed by atoms with Crippen LogP contribution in [-0.4, -0.2) is 42.8 Å². The van der Waals surface area contributed by atoms with Crippen molar-refractivity contribution < 1.29 is 9.15 Å². The minimum absolute atomic E-state index is 0.0516. The van der Waals surface area contributed by atoms with E-state index in [1.165, 1.54) is 10.4 Å². The summed E-state index contributed by atoms with van der Waals surface area (Å²) in [6.07, 6.45) is 4.63. The number of benzene rings is 1. The average molecular weight is 531 g/mol. The smallest absolute Gasteiger partial charge is 0.253 e. The van der Waals surface area contributed by atoms with Crippen molar-refractivity contribution in [2.45, 2.75) is 58.0 Å². The van der Waals surface area contributed by atoms with Gasteiger partial charge < -0.3 is 14.1 Å². The zero-order chi connectivity index (χ0) is 25.9. The molecule has 1 saturated heterocycles. The number of tetrazole rings is 1. The van der Waals surface area contributed by atoms with Crippen LogP contribution in [0.2, 0.25) is 0 Å². The van der Waals surface area contributed by atoms with E-state index >= 15 is 0 Å². The molecule has 0 saturated carbocycles. The molecule has 0 amide bonds. The number of pyridine rings is 1. The van der Waals surface area contributed by atoms with E-state index in [1.54, 1.807) is 22.3 Å². The summed E-state index contributed by atoms with van der Waals surface area (Å²) < 4.78 is 13.4. The van der Waals surface area contributed by atoms with Crippen LogP contribution in [0.15, 0.2) is 69.4 Å². The normalized spacial score (nSPS) is 16.5. The number of rotatable bonds is 10. The van der Waals surface area contributed by atoms with Gasteiger partial charge in [0, 0.05) is 29.1 Å². The van der Waals surface area contributed by atoms with Crippen molar-refractivity contribution in [3.63, 3.8) is 0 Å². The van der Waals surface area contributed by atoms with E-state index in [4.69, 9.17) is 9.15 Å². The van der Waals surface area contributed by atoms with Gasteiger partial charge in [0.15, 0.2) is 5.82 Å². The summed E-state index contributed by atoms with van der Waals surface area (Å²) in [5, 5.41) is 15.9. The Labute approximate surface area is 224 Å². The standard InChI is InChI=1S/C28H30N6O3S/c1-2-19-9-10-25-20(14-19)15-24(28(35)29-25)26(27-30-31-32-34(27)17-22-7-4-12-37-22)33(16-21-6-3-11-36-21)18-23-8-5-13-38-23/h3,5-6,8-11,13-15,22,26H,2,4,7,12,16-18H2,1H3,(H,29,35)/t22-,26+/m0/s1. The first-order valence-electron chi connectivity index (χ1n) is 13.0. The van der Waals surface area contributed by atoms with E-state index in [0.717, 1.165) is 42.5 Å². The third kappa shape index (κ3) is 5.20. The van der Waals surface area contributed by atoms with E-state index in [9.17, 15) is 4.79 Å². The fourth-order valence-corrected chi connectivity index (χ4v) is 5.89. The maximum Gasteiger partial charge on any atom is 0.253 e. The van der Waals surface area contributed by atoms with Gasteiger partial charge >= 0.3 is 0 Å². The number of hydrogen-bond acceptors (Lipinski definition) is 8. The van der Waals surface area contributed by atoms with Crippen molar-refractivity contribution in [3.8, 4) is 0 Å². The molecule has 1 fully saturated rings. The summed E-state index contributed by atoms with van der Waals surface area (Å²) >= 11 is 1.68. The highest BCUT2D eigenvalue weighted by Crippen LogP contribution is 2.31. The van der Waals surface area contributed by atoms with Crippen LogP contribution in [0.5, 0.6) is 0 Å². The van der Waals surface area contributed by atoms with Gasteiger partial charge in [-0.3, -0.25) is 9.69 Å². The number of ether oxygens (including phenoxy) is 1. The monoisotopic (exact) mass is 530 g/mol. The first-order valence-corrected chi connectivity index (χ1v) is 13.9. The summed E-state index contributed by atoms with van der Waals surface area (Å²) in [6.45, 7) is 4.50. The van der Waals surface area contributed by atoms with Crippen LogP contribution in [0.1, 0.15) is 53.4 Å². The lowest BCUT2D eigenvalue weighted by Gasteiger charge is -2.30. The predicted octanol–water partition coefficient (Wildman–Crippen LogP) is 4.70. The Kier molecular flexibility index (Phi) is 7.17. The molecule has 0 aliphatic carbocycles. The highest BCUT2D eigenvalue weighted by Gasteiger charge is 2.32. The molecule has 0 unspecified atom stereocenters. The van der Waals surface area contributed by atoms with Crippen LogP contribution >= 0.6 is 11.3 Å². The highest BCUT2D eigenvalue weighted by molar-refractivity contribution is 7.09. The summed E-state index contributed by atoms with van der Waals surface area (Å²) in [5.41, 5.74) is 2.46. The molecule has 0 radical (unpaired) electrons. The molecule has 196 valence electrons. The molecule has 5 aromatic rings. The van der Waals surface area contributed by atoms with Gasteiger partial charge in [-0.25, -0.2) is 4.68 Å². The summed E-state index contributed by atoms with van der Waals surface area (Å²) in [4.78, 5) is 20.2. The van der Waals surface area contributed by atoms with Gasteiger partial charge in [0.1, 0.15) is 11.8 Å². The van der Waals surface area contributed by atoms with Crippen molar-refractivity contribution in [3.05, 3.63) is 98.1 Å². The fourth-order valence-electron chi connectivity index (χ4n) is 5.16. The zero-order valence-electron chi connectivity index (χ0n) is 21.2. The molecule has 1 aromatic carbocycles. The van der Waals surface area contributed by atoms with E-state index in [1.807, 2.05) is 30.3 Å². The second-order valence-corrected chi connectivity index (χ2v) is 10.7. The minimum Gasteiger partial charge on any atom is -0.468 e. The predicted molar refractivity (Wildman–Crippen MR) is 145 cm³/mol. The third-order valence-electron chi connectivity index (χ3n) is 7.09. The van der Waals surface area contributed by atoms with E-state index in [-0.39, 0.29) is 11.7 Å². The number of thiophene rings is 1. The SMILES string of the molecule is CCc1ccc2[nH]c(=O)c([C@H](c3nnnn3C[C@@H]3CCCO3)N(Cc3ccco3)Cc3cccs3)cc2c1. The van der Waals surface area contributed by atoms with Crippen molar-refractivity contribution >= 4 is 22.2 Å². The van der Waals surface area contributed by atoms with E-state index in [2.05, 4.69) is 55.9 Å². The average Bonchev–Trinajstić information content (AvgIpc) is 3.74. The van der Waals surface area contributed by atoms with Crippen LogP contribution < -0.4 is 5.56 Å². The first kappa shape index (κ1) is 24.7. The molecule has 5 heterocycles. The van der Waals surface area contributed by atoms with Crippen molar-refractivity contribution in [1.82, 2.24) is 30.1 Å². The lowest BCUT2D eigenvalue weighted by Crippen LogP contribution is -2.35. The number of aromatic nitrogens is 5. The van der Waals surface area contributed by atoms with Gasteiger partial charge in [-0.2, -0.15) is 0 Å². The number of aryl methyl sites for hydroxylation is 1. The Balaban J connectivity index is 1.50. The largest absolute Gasteiger partial charge is 0.468 e. The lowest BCUT2D eigenvalue weighted by molar-refractivity contribution is 0.0901. The van der Waals surface area contributed by atoms with Crippen molar-refractivity contribution in [1.29, 1.82) is 0 Å². The van der Waals surface area contributed by atoms with Gasteiger partial charge in [0.05, 0.1) is 25.5 Å². The zero-order valence-corrected chi connectivity index (χ0v) is 22.1. The van der Waals surface area contributed by atoms with Crippen molar-refractivity contribution in [2.24, 2.45) is 0 Å². The van der Waals surface area contributed by atoms with Crippen molar-refractivity contribution in [2.75, 3.05) is 6.61 Å². The Morgan fingerprint density at radius 3 is 2.92 bits per heavy atom. The number of nitrogens with one attached hydrogen (secondary N) is 1. The van der Waals surface area contributed by atoms with Crippen LogP contribution in [0, 0.1) is 0 Å². The van der Waals surface area contributed by atoms with Gasteiger partial charge in [-0.1, -0.05) is 19.1 Å². The number of nitrogens with zero attached hydrogens (tertiary/aromatic N) is 5. The Bertz CT molecular complexity index is 1500. The molecular formula is C28H30N6O3S. The van der Waals surface area contributed by atoms with Gasteiger partial charge in [0.25, 0.3) is 5.56 Å². The number of hydrogen-bond donors (Lipinski definition) is 1. The van der Waals surface area contributed by atoms with Gasteiger partial charge in [-0.05, 0) is 82.4 Å². The molecule has 0 spiro atoms. The van der Waals surface area contributed by atoms with Gasteiger partial charge in [-0.15, -0.1) is 16.4 Å². The molecule has 38 heavy (non-hydrogen) atoms. The number of fused-ring (bicyclic) bond motifs is 1. The quantitative estimate of drug-likeness (QED) is 0.279. The Morgan fingerprint density at radius 2 is 2.16 bits per heavy atom. The van der Waals surface area contributed by atoms with Crippen LogP contribution in [0.25, 0.3) is 10.9 Å². The summed E-state index contributed by atoms with van der Waals surface area (Å²) in [5.74, 6) is 1.41. The summed E-state index contributed by atoms with van der Waals surface area (Å²) in [6, 6.07) is 15.6. The molecule has 10 heteroatoms. The lowest BCUT2D eigenvalue weighted by atomic mass is 10.0. The van der Waals surface area contributed by atoms with Gasteiger partial charge in [0.2, 0.25) is 0 Å².